The molecular formula is C23H21ClN2O5S. The van der Waals surface area contributed by atoms with Crippen molar-refractivity contribution in [3.05, 3.63) is 58.6 Å². The van der Waals surface area contributed by atoms with Crippen LogP contribution in [0.3, 0.4) is 0 Å². The highest BCUT2D eigenvalue weighted by atomic mass is 35.5. The van der Waals surface area contributed by atoms with Crippen LogP contribution in [0, 0.1) is 12.3 Å². The second-order valence-corrected chi connectivity index (χ2v) is 9.59. The van der Waals surface area contributed by atoms with E-state index in [4.69, 9.17) is 18.0 Å². The Bertz CT molecular complexity index is 1340. The van der Waals surface area contributed by atoms with Gasteiger partial charge in [0, 0.05) is 18.0 Å². The van der Waals surface area contributed by atoms with Gasteiger partial charge in [-0.3, -0.25) is 14.5 Å². The molecule has 0 fully saturated rings. The fourth-order valence-corrected chi connectivity index (χ4v) is 4.87. The zero-order valence-corrected chi connectivity index (χ0v) is 19.3. The quantitative estimate of drug-likeness (QED) is 0.298. The van der Waals surface area contributed by atoms with E-state index in [-0.39, 0.29) is 4.90 Å². The number of halogens is 1. The Hall–Kier alpha value is -3.28. The van der Waals surface area contributed by atoms with E-state index in [0.717, 1.165) is 18.0 Å². The third-order valence-corrected chi connectivity index (χ3v) is 7.22. The van der Waals surface area contributed by atoms with Gasteiger partial charge < -0.3 is 9.30 Å². The lowest BCUT2D eigenvalue weighted by atomic mass is 10.1. The Morgan fingerprint density at radius 1 is 1.28 bits per heavy atom. The molecule has 0 aliphatic rings. The number of sulfone groups is 1. The van der Waals surface area contributed by atoms with Gasteiger partial charge in [0.25, 0.3) is 0 Å². The molecule has 166 valence electrons. The predicted octanol–water partition coefficient (Wildman–Crippen LogP) is 3.48. The van der Waals surface area contributed by atoms with Crippen molar-refractivity contribution in [2.24, 2.45) is 7.05 Å². The maximum Gasteiger partial charge on any atom is 0.321 e. The van der Waals surface area contributed by atoms with Crippen molar-refractivity contribution < 1.29 is 22.7 Å². The third-order valence-electron chi connectivity index (χ3n) is 5.31. The lowest BCUT2D eigenvalue weighted by Crippen LogP contribution is -2.27. The minimum absolute atomic E-state index is 0.00490. The molecule has 0 N–H and O–H groups in total. The largest absolute Gasteiger partial charge is 0.468 e. The van der Waals surface area contributed by atoms with Crippen molar-refractivity contribution in [2.45, 2.75) is 17.9 Å². The van der Waals surface area contributed by atoms with Gasteiger partial charge >= 0.3 is 5.97 Å². The Kier molecular flexibility index (Phi) is 6.63. The van der Waals surface area contributed by atoms with Crippen molar-refractivity contribution in [3.63, 3.8) is 0 Å². The van der Waals surface area contributed by atoms with Crippen LogP contribution in [0.4, 0.5) is 5.82 Å². The van der Waals surface area contributed by atoms with Crippen molar-refractivity contribution in [1.29, 1.82) is 0 Å². The molecule has 32 heavy (non-hydrogen) atoms. The van der Waals surface area contributed by atoms with Gasteiger partial charge in [-0.2, -0.15) is 0 Å². The average Bonchev–Trinajstić information content (AvgIpc) is 3.10. The first-order valence-electron chi connectivity index (χ1n) is 9.51. The standard InChI is InChI=1S/C23H21ClN2O5S/c1-5-16-10-20(24)19-12-22(25(3)21(19)11-16)26(14-27)15(2)17-6-8-18(9-7-17)32(29,30)13-23(28)31-4/h1,6-12,14-15H,13H2,2-4H3. The van der Waals surface area contributed by atoms with Crippen LogP contribution in [0.1, 0.15) is 24.1 Å². The number of methoxy groups -OCH3 is 1. The minimum Gasteiger partial charge on any atom is -0.468 e. The normalized spacial score (nSPS) is 12.2. The predicted molar refractivity (Wildman–Crippen MR) is 123 cm³/mol. The summed E-state index contributed by atoms with van der Waals surface area (Å²) >= 11 is 6.37. The summed E-state index contributed by atoms with van der Waals surface area (Å²) < 4.78 is 30.9. The molecule has 2 aromatic carbocycles. The summed E-state index contributed by atoms with van der Waals surface area (Å²) in [7, 11) is -0.885. The molecule has 0 aliphatic heterocycles. The first-order valence-corrected chi connectivity index (χ1v) is 11.5. The second-order valence-electron chi connectivity index (χ2n) is 7.19. The molecule has 0 bridgehead atoms. The van der Waals surface area contributed by atoms with Crippen LogP contribution in [0.25, 0.3) is 10.9 Å². The molecule has 1 unspecified atom stereocenters. The smallest absolute Gasteiger partial charge is 0.321 e. The number of terminal acetylenes is 1. The number of carbonyl (C=O) groups is 2. The third kappa shape index (κ3) is 4.35. The molecule has 0 spiro atoms. The monoisotopic (exact) mass is 472 g/mol. The fourth-order valence-electron chi connectivity index (χ4n) is 3.46. The number of esters is 1. The summed E-state index contributed by atoms with van der Waals surface area (Å²) in [6, 6.07) is 10.9. The molecule has 1 heterocycles. The zero-order chi connectivity index (χ0) is 23.6. The second kappa shape index (κ2) is 9.07. The van der Waals surface area contributed by atoms with Crippen LogP contribution in [-0.2, 0) is 31.2 Å². The van der Waals surface area contributed by atoms with Gasteiger partial charge in [-0.1, -0.05) is 29.7 Å². The Balaban J connectivity index is 1.96. The van der Waals surface area contributed by atoms with Gasteiger partial charge in [0.1, 0.15) is 5.82 Å². The highest BCUT2D eigenvalue weighted by Crippen LogP contribution is 2.34. The van der Waals surface area contributed by atoms with E-state index in [1.54, 1.807) is 31.3 Å². The number of ether oxygens (including phenoxy) is 1. The Labute approximate surface area is 191 Å². The van der Waals surface area contributed by atoms with Gasteiger partial charge in [0.15, 0.2) is 15.6 Å². The van der Waals surface area contributed by atoms with Crippen LogP contribution in [0.5, 0.6) is 0 Å². The number of hydrogen-bond donors (Lipinski definition) is 0. The lowest BCUT2D eigenvalue weighted by Gasteiger charge is -2.26. The molecule has 3 aromatic rings. The maximum atomic E-state index is 12.3. The number of benzene rings is 2. The first-order chi connectivity index (χ1) is 15.1. The number of anilines is 1. The molecule has 0 saturated carbocycles. The number of carbonyl (C=O) groups excluding carboxylic acids is 2. The number of fused-ring (bicyclic) bond motifs is 1. The number of aromatic nitrogens is 1. The van der Waals surface area contributed by atoms with Crippen LogP contribution in [0.15, 0.2) is 47.4 Å². The van der Waals surface area contributed by atoms with Gasteiger partial charge in [-0.15, -0.1) is 6.42 Å². The van der Waals surface area contributed by atoms with E-state index in [1.165, 1.54) is 17.0 Å². The maximum absolute atomic E-state index is 12.3. The molecule has 1 aromatic heterocycles. The Morgan fingerprint density at radius 2 is 1.94 bits per heavy atom. The molecule has 0 saturated heterocycles. The van der Waals surface area contributed by atoms with E-state index in [9.17, 15) is 18.0 Å². The minimum atomic E-state index is -3.82. The molecule has 9 heteroatoms. The average molecular weight is 473 g/mol. The number of nitrogens with zero attached hydrogens (tertiary/aromatic N) is 2. The lowest BCUT2D eigenvalue weighted by molar-refractivity contribution is -0.137. The first kappa shape index (κ1) is 23.4. The Morgan fingerprint density at radius 3 is 2.50 bits per heavy atom. The van der Waals surface area contributed by atoms with Gasteiger partial charge in [0.2, 0.25) is 6.41 Å². The summed E-state index contributed by atoms with van der Waals surface area (Å²) in [5, 5.41) is 1.24. The molecule has 0 aliphatic carbocycles. The number of hydrogen-bond acceptors (Lipinski definition) is 5. The van der Waals surface area contributed by atoms with Crippen molar-refractivity contribution in [2.75, 3.05) is 17.8 Å². The SMILES string of the molecule is C#Cc1cc(Cl)c2cc(N(C=O)C(C)c3ccc(S(=O)(=O)CC(=O)OC)cc3)n(C)c2c1. The summed E-state index contributed by atoms with van der Waals surface area (Å²) in [6.45, 7) is 1.82. The van der Waals surface area contributed by atoms with Crippen molar-refractivity contribution in [3.8, 4) is 12.3 Å². The number of amides is 1. The van der Waals surface area contributed by atoms with Crippen LogP contribution >= 0.6 is 11.6 Å². The topological polar surface area (TPSA) is 85.7 Å². The molecular weight excluding hydrogens is 452 g/mol. The van der Waals surface area contributed by atoms with E-state index in [0.29, 0.717) is 28.4 Å². The molecule has 1 amide bonds. The summed E-state index contributed by atoms with van der Waals surface area (Å²) in [4.78, 5) is 24.9. The highest BCUT2D eigenvalue weighted by molar-refractivity contribution is 7.92. The molecule has 3 rings (SSSR count). The van der Waals surface area contributed by atoms with E-state index in [2.05, 4.69) is 10.7 Å². The van der Waals surface area contributed by atoms with Crippen molar-refractivity contribution >= 4 is 50.5 Å². The van der Waals surface area contributed by atoms with Crippen molar-refractivity contribution in [1.82, 2.24) is 4.57 Å². The molecule has 1 atom stereocenters. The van der Waals surface area contributed by atoms with Crippen LogP contribution in [0.2, 0.25) is 5.02 Å². The summed E-state index contributed by atoms with van der Waals surface area (Å²) in [5.41, 5.74) is 2.11. The van der Waals surface area contributed by atoms with Gasteiger partial charge in [-0.05, 0) is 42.8 Å². The zero-order valence-electron chi connectivity index (χ0n) is 17.7. The van der Waals surface area contributed by atoms with Gasteiger partial charge in [0.05, 0.1) is 28.6 Å². The molecule has 0 radical (unpaired) electrons. The summed E-state index contributed by atoms with van der Waals surface area (Å²) in [6.07, 6.45) is 6.21. The molecule has 7 nitrogen and oxygen atoms in total. The summed E-state index contributed by atoms with van der Waals surface area (Å²) in [5.74, 6) is 1.58. The number of rotatable bonds is 7. The van der Waals surface area contributed by atoms with Crippen LogP contribution in [-0.4, -0.2) is 38.2 Å². The van der Waals surface area contributed by atoms with E-state index in [1.807, 2.05) is 17.6 Å². The van der Waals surface area contributed by atoms with Gasteiger partial charge in [-0.25, -0.2) is 8.42 Å². The fraction of sp³-hybridized carbons (Fsp3) is 0.217. The number of aryl methyl sites for hydroxylation is 1. The van der Waals surface area contributed by atoms with E-state index >= 15 is 0 Å². The highest BCUT2D eigenvalue weighted by Gasteiger charge is 2.23. The van der Waals surface area contributed by atoms with E-state index < -0.39 is 27.6 Å². The van der Waals surface area contributed by atoms with Crippen LogP contribution < -0.4 is 4.90 Å².